The molecule has 0 aromatic carbocycles. The Hall–Kier alpha value is -1.39. The lowest BCUT2D eigenvalue weighted by Crippen LogP contribution is -2.30. The zero-order chi connectivity index (χ0) is 18.7. The molecule has 0 spiro atoms. The highest BCUT2D eigenvalue weighted by atomic mass is 16.4. The number of aromatic nitrogens is 2. The van der Waals surface area contributed by atoms with Crippen molar-refractivity contribution in [3.05, 3.63) is 11.8 Å². The molecule has 2 rings (SSSR count). The lowest BCUT2D eigenvalue weighted by atomic mass is 9.79. The number of hydrogen-bond donors (Lipinski definition) is 0. The second-order valence-corrected chi connectivity index (χ2v) is 9.64. The van der Waals surface area contributed by atoms with Gasteiger partial charge in [0.25, 0.3) is 0 Å². The van der Waals surface area contributed by atoms with Crippen molar-refractivity contribution in [2.75, 3.05) is 13.1 Å². The van der Waals surface area contributed by atoms with E-state index in [-0.39, 0.29) is 10.8 Å². The molecule has 0 radical (unpaired) electrons. The molecule has 142 valence electrons. The number of carbonyl (C=O) groups excluding carboxylic acids is 1. The molecular weight excluding hydrogens is 314 g/mol. The third-order valence-electron chi connectivity index (χ3n) is 5.15. The Morgan fingerprint density at radius 2 is 1.92 bits per heavy atom. The average molecular weight is 350 g/mol. The Morgan fingerprint density at radius 3 is 2.52 bits per heavy atom. The van der Waals surface area contributed by atoms with E-state index < -0.39 is 0 Å². The van der Waals surface area contributed by atoms with E-state index in [1.54, 1.807) is 0 Å². The summed E-state index contributed by atoms with van der Waals surface area (Å²) in [5.41, 5.74) is 0.446. The molecule has 5 heteroatoms. The summed E-state index contributed by atoms with van der Waals surface area (Å²) in [6.07, 6.45) is 5.77. The number of hydrogen-bond acceptors (Lipinski definition) is 4. The molecule has 5 nitrogen and oxygen atoms in total. The minimum Gasteiger partial charge on any atom is -0.426 e. The van der Waals surface area contributed by atoms with E-state index in [1.807, 2.05) is 6.92 Å². The van der Waals surface area contributed by atoms with Gasteiger partial charge in [-0.25, -0.2) is 0 Å². The van der Waals surface area contributed by atoms with Gasteiger partial charge in [0.1, 0.15) is 0 Å². The standard InChI is InChI=1S/C20H35N3O2/c1-15-21-22-17(25-15)7-11-20(5,6)13-16-9-12-23(14-16)18(24)8-10-19(2,3)4/h16H,7-14H2,1-6H3. The first-order chi connectivity index (χ1) is 11.5. The van der Waals surface area contributed by atoms with E-state index in [2.05, 4.69) is 49.7 Å². The summed E-state index contributed by atoms with van der Waals surface area (Å²) in [5, 5.41) is 7.98. The summed E-state index contributed by atoms with van der Waals surface area (Å²) >= 11 is 0. The summed E-state index contributed by atoms with van der Waals surface area (Å²) in [4.78, 5) is 14.5. The van der Waals surface area contributed by atoms with Gasteiger partial charge in [0.05, 0.1) is 0 Å². The SMILES string of the molecule is Cc1nnc(CCC(C)(C)CC2CCN(C(=O)CCC(C)(C)C)C2)o1. The lowest BCUT2D eigenvalue weighted by molar-refractivity contribution is -0.130. The fourth-order valence-corrected chi connectivity index (χ4v) is 3.63. The highest BCUT2D eigenvalue weighted by molar-refractivity contribution is 5.76. The number of likely N-dealkylation sites (tertiary alicyclic amines) is 1. The van der Waals surface area contributed by atoms with Crippen molar-refractivity contribution in [2.45, 2.75) is 80.1 Å². The van der Waals surface area contributed by atoms with Gasteiger partial charge < -0.3 is 9.32 Å². The van der Waals surface area contributed by atoms with Crippen LogP contribution < -0.4 is 0 Å². The summed E-state index contributed by atoms with van der Waals surface area (Å²) in [5.74, 6) is 2.30. The van der Waals surface area contributed by atoms with Crippen LogP contribution in [0.25, 0.3) is 0 Å². The van der Waals surface area contributed by atoms with Crippen LogP contribution in [0, 0.1) is 23.7 Å². The maximum absolute atomic E-state index is 12.4. The zero-order valence-corrected chi connectivity index (χ0v) is 16.9. The van der Waals surface area contributed by atoms with Gasteiger partial charge in [-0.2, -0.15) is 0 Å². The van der Waals surface area contributed by atoms with Crippen molar-refractivity contribution in [3.63, 3.8) is 0 Å². The molecule has 2 heterocycles. The molecule has 1 fully saturated rings. The van der Waals surface area contributed by atoms with Crippen molar-refractivity contribution in [3.8, 4) is 0 Å². The van der Waals surface area contributed by atoms with E-state index in [4.69, 9.17) is 4.42 Å². The molecular formula is C20H35N3O2. The summed E-state index contributed by atoms with van der Waals surface area (Å²) in [6, 6.07) is 0. The van der Waals surface area contributed by atoms with Gasteiger partial charge in [-0.15, -0.1) is 10.2 Å². The smallest absolute Gasteiger partial charge is 0.222 e. The van der Waals surface area contributed by atoms with Gasteiger partial charge in [0, 0.05) is 32.9 Å². The summed E-state index contributed by atoms with van der Waals surface area (Å²) in [6.45, 7) is 14.9. The first-order valence-electron chi connectivity index (χ1n) is 9.61. The summed E-state index contributed by atoms with van der Waals surface area (Å²) in [7, 11) is 0. The van der Waals surface area contributed by atoms with E-state index in [1.165, 1.54) is 0 Å². The van der Waals surface area contributed by atoms with Crippen molar-refractivity contribution < 1.29 is 9.21 Å². The molecule has 1 aromatic heterocycles. The monoisotopic (exact) mass is 349 g/mol. The molecule has 1 saturated heterocycles. The van der Waals surface area contributed by atoms with Crippen LogP contribution in [0.2, 0.25) is 0 Å². The Bertz CT molecular complexity index is 572. The number of aryl methyl sites for hydroxylation is 2. The number of nitrogens with zero attached hydrogens (tertiary/aromatic N) is 3. The number of rotatable bonds is 7. The topological polar surface area (TPSA) is 59.2 Å². The fourth-order valence-electron chi connectivity index (χ4n) is 3.63. The van der Waals surface area contributed by atoms with Gasteiger partial charge in [0.2, 0.25) is 17.7 Å². The van der Waals surface area contributed by atoms with Gasteiger partial charge >= 0.3 is 0 Å². The van der Waals surface area contributed by atoms with Crippen molar-refractivity contribution in [2.24, 2.45) is 16.7 Å². The molecule has 0 saturated carbocycles. The van der Waals surface area contributed by atoms with Gasteiger partial charge in [0.15, 0.2) is 0 Å². The molecule has 25 heavy (non-hydrogen) atoms. The molecule has 1 aliphatic rings. The van der Waals surface area contributed by atoms with Crippen LogP contribution in [0.3, 0.4) is 0 Å². The first-order valence-corrected chi connectivity index (χ1v) is 9.61. The van der Waals surface area contributed by atoms with Crippen LogP contribution in [0.1, 0.15) is 78.5 Å². The predicted molar refractivity (Wildman–Crippen MR) is 99.1 cm³/mol. The van der Waals surface area contributed by atoms with Crippen molar-refractivity contribution in [1.82, 2.24) is 15.1 Å². The maximum atomic E-state index is 12.4. The second-order valence-electron chi connectivity index (χ2n) is 9.64. The van der Waals surface area contributed by atoms with Crippen LogP contribution in [-0.2, 0) is 11.2 Å². The minimum atomic E-state index is 0.220. The van der Waals surface area contributed by atoms with E-state index >= 15 is 0 Å². The predicted octanol–water partition coefficient (Wildman–Crippen LogP) is 4.40. The number of carbonyl (C=O) groups is 1. The molecule has 1 aliphatic heterocycles. The molecule has 1 amide bonds. The minimum absolute atomic E-state index is 0.220. The van der Waals surface area contributed by atoms with Crippen LogP contribution in [0.4, 0.5) is 0 Å². The van der Waals surface area contributed by atoms with Crippen LogP contribution in [0.5, 0.6) is 0 Å². The van der Waals surface area contributed by atoms with Gasteiger partial charge in [-0.3, -0.25) is 4.79 Å². The second kappa shape index (κ2) is 7.88. The van der Waals surface area contributed by atoms with Crippen molar-refractivity contribution in [1.29, 1.82) is 0 Å². The number of amides is 1. The van der Waals surface area contributed by atoms with Gasteiger partial charge in [-0.05, 0) is 42.4 Å². The molecule has 1 atom stereocenters. The molecule has 1 aromatic rings. The third-order valence-corrected chi connectivity index (χ3v) is 5.15. The molecule has 0 N–H and O–H groups in total. The van der Waals surface area contributed by atoms with Crippen molar-refractivity contribution >= 4 is 5.91 Å². The Kier molecular flexibility index (Phi) is 6.28. The highest BCUT2D eigenvalue weighted by Crippen LogP contribution is 2.35. The third kappa shape index (κ3) is 6.79. The first kappa shape index (κ1) is 19.9. The van der Waals surface area contributed by atoms with Crippen LogP contribution >= 0.6 is 0 Å². The van der Waals surface area contributed by atoms with Crippen LogP contribution in [0.15, 0.2) is 4.42 Å². The highest BCUT2D eigenvalue weighted by Gasteiger charge is 2.31. The average Bonchev–Trinajstić information content (AvgIpc) is 3.11. The maximum Gasteiger partial charge on any atom is 0.222 e. The zero-order valence-electron chi connectivity index (χ0n) is 16.9. The summed E-state index contributed by atoms with van der Waals surface area (Å²) < 4.78 is 5.48. The molecule has 0 bridgehead atoms. The molecule has 1 unspecified atom stereocenters. The Labute approximate surface area is 152 Å². The fraction of sp³-hybridized carbons (Fsp3) is 0.850. The van der Waals surface area contributed by atoms with E-state index in [0.717, 1.165) is 51.1 Å². The Morgan fingerprint density at radius 1 is 1.20 bits per heavy atom. The largest absolute Gasteiger partial charge is 0.426 e. The lowest BCUT2D eigenvalue weighted by Gasteiger charge is -2.27. The normalized spacial score (nSPS) is 18.8. The van der Waals surface area contributed by atoms with E-state index in [9.17, 15) is 4.79 Å². The van der Waals surface area contributed by atoms with Gasteiger partial charge in [-0.1, -0.05) is 34.6 Å². The quantitative estimate of drug-likeness (QED) is 0.732. The molecule has 0 aliphatic carbocycles. The van der Waals surface area contributed by atoms with Crippen LogP contribution in [-0.4, -0.2) is 34.1 Å². The van der Waals surface area contributed by atoms with E-state index in [0.29, 0.717) is 24.1 Å². The Balaban J connectivity index is 1.76.